The Balaban J connectivity index is 1.77. The molecule has 0 fully saturated rings. The third-order valence-corrected chi connectivity index (χ3v) is 4.08. The van der Waals surface area contributed by atoms with Crippen molar-refractivity contribution in [2.75, 3.05) is 16.8 Å². The average Bonchev–Trinajstić information content (AvgIpc) is 2.61. The lowest BCUT2D eigenvalue weighted by atomic mass is 10.1. The highest BCUT2D eigenvalue weighted by atomic mass is 16.5. The van der Waals surface area contributed by atoms with Gasteiger partial charge in [-0.25, -0.2) is 0 Å². The molecule has 2 aromatic carbocycles. The van der Waals surface area contributed by atoms with E-state index in [2.05, 4.69) is 12.2 Å². The lowest BCUT2D eigenvalue weighted by molar-refractivity contribution is -0.123. The maximum atomic E-state index is 12.5. The molecule has 1 aliphatic rings. The second-order valence-corrected chi connectivity index (χ2v) is 5.74. The third-order valence-electron chi connectivity index (χ3n) is 4.08. The van der Waals surface area contributed by atoms with Crippen molar-refractivity contribution < 1.29 is 14.3 Å². The second kappa shape index (κ2) is 6.74. The van der Waals surface area contributed by atoms with Gasteiger partial charge in [-0.3, -0.25) is 9.59 Å². The molecule has 0 spiro atoms. The number of rotatable bonds is 3. The number of carbonyl (C=O) groups is 2. The van der Waals surface area contributed by atoms with Crippen LogP contribution in [0.1, 0.15) is 19.4 Å². The van der Waals surface area contributed by atoms with Gasteiger partial charge in [-0.15, -0.1) is 0 Å². The van der Waals surface area contributed by atoms with Gasteiger partial charge in [0.05, 0.1) is 12.2 Å². The van der Waals surface area contributed by atoms with Crippen LogP contribution in [0.4, 0.5) is 11.4 Å². The Kier molecular flexibility index (Phi) is 4.51. The van der Waals surface area contributed by atoms with E-state index in [4.69, 9.17) is 4.74 Å². The van der Waals surface area contributed by atoms with Gasteiger partial charge in [-0.1, -0.05) is 31.2 Å². The van der Waals surface area contributed by atoms with Gasteiger partial charge in [0.1, 0.15) is 5.75 Å². The largest absolute Gasteiger partial charge is 0.476 e. The molecule has 0 saturated carbocycles. The zero-order valence-corrected chi connectivity index (χ0v) is 13.8. The van der Waals surface area contributed by atoms with Crippen LogP contribution < -0.4 is 15.0 Å². The Morgan fingerprint density at radius 2 is 1.88 bits per heavy atom. The van der Waals surface area contributed by atoms with E-state index in [1.165, 1.54) is 12.5 Å². The molecule has 0 bridgehead atoms. The Morgan fingerprint density at radius 1 is 1.17 bits per heavy atom. The first-order valence-electron chi connectivity index (χ1n) is 8.02. The van der Waals surface area contributed by atoms with Crippen molar-refractivity contribution in [3.63, 3.8) is 0 Å². The number of hydrogen-bond donors (Lipinski definition) is 1. The molecule has 0 aliphatic carbocycles. The Labute approximate surface area is 141 Å². The summed E-state index contributed by atoms with van der Waals surface area (Å²) in [6, 6.07) is 14.9. The molecule has 24 heavy (non-hydrogen) atoms. The zero-order valence-electron chi connectivity index (χ0n) is 13.8. The van der Waals surface area contributed by atoms with Crippen LogP contribution >= 0.6 is 0 Å². The Bertz CT molecular complexity index is 755. The molecule has 1 heterocycles. The van der Waals surface area contributed by atoms with E-state index in [0.29, 0.717) is 17.1 Å². The first-order valence-corrected chi connectivity index (χ1v) is 8.02. The van der Waals surface area contributed by atoms with Gasteiger partial charge < -0.3 is 15.0 Å². The summed E-state index contributed by atoms with van der Waals surface area (Å²) in [5.41, 5.74) is 2.62. The van der Waals surface area contributed by atoms with Crippen LogP contribution in [0, 0.1) is 0 Å². The minimum absolute atomic E-state index is 0.115. The molecule has 2 aromatic rings. The second-order valence-electron chi connectivity index (χ2n) is 5.74. The van der Waals surface area contributed by atoms with Crippen LogP contribution in [0.2, 0.25) is 0 Å². The highest BCUT2D eigenvalue weighted by Crippen LogP contribution is 2.33. The summed E-state index contributed by atoms with van der Waals surface area (Å²) in [6.07, 6.45) is 0.208. The molecule has 0 saturated heterocycles. The number of nitrogens with one attached hydrogen (secondary N) is 1. The molecule has 1 aliphatic heterocycles. The van der Waals surface area contributed by atoms with Crippen LogP contribution in [0.3, 0.4) is 0 Å². The van der Waals surface area contributed by atoms with Crippen molar-refractivity contribution in [1.82, 2.24) is 0 Å². The van der Waals surface area contributed by atoms with E-state index < -0.39 is 6.10 Å². The summed E-state index contributed by atoms with van der Waals surface area (Å²) in [5.74, 6) is 0.163. The van der Waals surface area contributed by atoms with E-state index >= 15 is 0 Å². The minimum Gasteiger partial charge on any atom is -0.476 e. The molecular weight excluding hydrogens is 304 g/mol. The van der Waals surface area contributed by atoms with Crippen molar-refractivity contribution in [3.05, 3.63) is 54.1 Å². The third kappa shape index (κ3) is 3.25. The fourth-order valence-corrected chi connectivity index (χ4v) is 2.72. The number of aryl methyl sites for hydroxylation is 1. The fourth-order valence-electron chi connectivity index (χ4n) is 2.72. The summed E-state index contributed by atoms with van der Waals surface area (Å²) in [7, 11) is 0. The first kappa shape index (κ1) is 16.1. The number of nitrogens with zero attached hydrogens (tertiary/aromatic N) is 1. The molecule has 0 radical (unpaired) electrons. The van der Waals surface area contributed by atoms with Gasteiger partial charge in [0.15, 0.2) is 6.10 Å². The number of carbonyl (C=O) groups excluding carboxylic acids is 2. The lowest BCUT2D eigenvalue weighted by Crippen LogP contribution is -2.48. The molecule has 124 valence electrons. The van der Waals surface area contributed by atoms with Crippen molar-refractivity contribution in [1.29, 1.82) is 0 Å². The number of amides is 2. The van der Waals surface area contributed by atoms with Crippen LogP contribution in [0.25, 0.3) is 0 Å². The van der Waals surface area contributed by atoms with Crippen LogP contribution in [-0.4, -0.2) is 24.5 Å². The van der Waals surface area contributed by atoms with E-state index in [1.54, 1.807) is 11.0 Å². The summed E-state index contributed by atoms with van der Waals surface area (Å²) in [5, 5.41) is 2.85. The van der Waals surface area contributed by atoms with Crippen molar-refractivity contribution in [2.24, 2.45) is 0 Å². The van der Waals surface area contributed by atoms with E-state index in [-0.39, 0.29) is 18.4 Å². The van der Waals surface area contributed by atoms with Gasteiger partial charge in [0.2, 0.25) is 5.91 Å². The van der Waals surface area contributed by atoms with Crippen molar-refractivity contribution in [3.8, 4) is 5.75 Å². The van der Waals surface area contributed by atoms with E-state index in [1.807, 2.05) is 42.5 Å². The highest BCUT2D eigenvalue weighted by molar-refractivity contribution is 5.99. The van der Waals surface area contributed by atoms with Crippen molar-refractivity contribution >= 4 is 23.2 Å². The maximum absolute atomic E-state index is 12.5. The monoisotopic (exact) mass is 324 g/mol. The topological polar surface area (TPSA) is 58.6 Å². The summed E-state index contributed by atoms with van der Waals surface area (Å²) >= 11 is 0. The molecule has 1 atom stereocenters. The van der Waals surface area contributed by atoms with Crippen LogP contribution in [0.15, 0.2) is 48.5 Å². The summed E-state index contributed by atoms with van der Waals surface area (Å²) in [4.78, 5) is 26.0. The molecule has 1 N–H and O–H groups in total. The SMILES string of the molecule is CCc1ccc(NC(=O)[C@@H]2CN(C(C)=O)c3ccccc3O2)cc1. The fraction of sp³-hybridized carbons (Fsp3) is 0.263. The summed E-state index contributed by atoms with van der Waals surface area (Å²) < 4.78 is 5.79. The average molecular weight is 324 g/mol. The number of para-hydroxylation sites is 2. The highest BCUT2D eigenvalue weighted by Gasteiger charge is 2.32. The van der Waals surface area contributed by atoms with Gasteiger partial charge in [0.25, 0.3) is 5.91 Å². The normalized spacial score (nSPS) is 16.1. The quantitative estimate of drug-likeness (QED) is 0.944. The standard InChI is InChI=1S/C19H20N2O3/c1-3-14-8-10-15(11-9-14)20-19(23)18-12-21(13(2)22)16-6-4-5-7-17(16)24-18/h4-11,18H,3,12H2,1-2H3,(H,20,23)/t18-/m0/s1. The van der Waals surface area contributed by atoms with Crippen LogP contribution in [0.5, 0.6) is 5.75 Å². The molecular formula is C19H20N2O3. The van der Waals surface area contributed by atoms with Gasteiger partial charge in [0, 0.05) is 12.6 Å². The van der Waals surface area contributed by atoms with Gasteiger partial charge in [-0.05, 0) is 36.2 Å². The minimum atomic E-state index is -0.741. The predicted molar refractivity (Wildman–Crippen MR) is 93.3 cm³/mol. The van der Waals surface area contributed by atoms with Gasteiger partial charge in [-0.2, -0.15) is 0 Å². The molecule has 2 amide bonds. The van der Waals surface area contributed by atoms with E-state index in [9.17, 15) is 9.59 Å². The maximum Gasteiger partial charge on any atom is 0.267 e. The molecule has 3 rings (SSSR count). The number of benzene rings is 2. The smallest absolute Gasteiger partial charge is 0.267 e. The molecule has 5 heteroatoms. The molecule has 0 unspecified atom stereocenters. The zero-order chi connectivity index (χ0) is 17.1. The molecule has 0 aromatic heterocycles. The van der Waals surface area contributed by atoms with E-state index in [0.717, 1.165) is 6.42 Å². The number of ether oxygens (including phenoxy) is 1. The number of hydrogen-bond acceptors (Lipinski definition) is 3. The summed E-state index contributed by atoms with van der Waals surface area (Å²) in [6.45, 7) is 3.77. The Morgan fingerprint density at radius 3 is 2.54 bits per heavy atom. The Hall–Kier alpha value is -2.82. The first-order chi connectivity index (χ1) is 11.6. The molecule has 5 nitrogen and oxygen atoms in total. The van der Waals surface area contributed by atoms with Crippen LogP contribution in [-0.2, 0) is 16.0 Å². The lowest BCUT2D eigenvalue weighted by Gasteiger charge is -2.33. The number of anilines is 2. The number of fused-ring (bicyclic) bond motifs is 1. The predicted octanol–water partition coefficient (Wildman–Crippen LogP) is 3.00. The van der Waals surface area contributed by atoms with Crippen molar-refractivity contribution in [2.45, 2.75) is 26.4 Å². The van der Waals surface area contributed by atoms with Gasteiger partial charge >= 0.3 is 0 Å².